The first kappa shape index (κ1) is 10.4. The van der Waals surface area contributed by atoms with Crippen LogP contribution in [0.2, 0.25) is 0 Å². The zero-order valence-corrected chi connectivity index (χ0v) is 5.52. The normalized spacial score (nSPS) is 8.86. The minimum atomic E-state index is 0. The summed E-state index contributed by atoms with van der Waals surface area (Å²) < 4.78 is 0. The summed E-state index contributed by atoms with van der Waals surface area (Å²) in [5.41, 5.74) is 0. The molecule has 40 valence electrons. The molecule has 0 unspecified atom stereocenters. The standard InChI is InChI=1S/C4H8O2.Ti/c5-3-1-2-4-6;/h1-2,5-6H,3-4H2;/b2-1-;. The molecule has 0 bridgehead atoms. The molecule has 2 N–H and O–H groups in total. The minimum Gasteiger partial charge on any atom is -0.392 e. The molecule has 7 heavy (non-hydrogen) atoms. The van der Waals surface area contributed by atoms with E-state index in [1.54, 1.807) is 0 Å². The molecule has 0 fully saturated rings. The number of hydrogen-bond acceptors (Lipinski definition) is 2. The predicted molar refractivity (Wildman–Crippen MR) is 23.3 cm³/mol. The van der Waals surface area contributed by atoms with Crippen molar-refractivity contribution in [2.45, 2.75) is 0 Å². The van der Waals surface area contributed by atoms with E-state index in [2.05, 4.69) is 0 Å². The molecular weight excluding hydrogens is 128 g/mol. The van der Waals surface area contributed by atoms with E-state index in [1.165, 1.54) is 12.2 Å². The van der Waals surface area contributed by atoms with Crippen LogP contribution in [0.4, 0.5) is 0 Å². The Hall–Kier alpha value is 0.374. The summed E-state index contributed by atoms with van der Waals surface area (Å²) >= 11 is 0. The van der Waals surface area contributed by atoms with Crippen LogP contribution < -0.4 is 0 Å². The summed E-state index contributed by atoms with van der Waals surface area (Å²) in [7, 11) is 0. The molecule has 0 atom stereocenters. The zero-order chi connectivity index (χ0) is 4.83. The Morgan fingerprint density at radius 1 is 1.00 bits per heavy atom. The van der Waals surface area contributed by atoms with Crippen molar-refractivity contribution >= 4 is 0 Å². The van der Waals surface area contributed by atoms with Crippen molar-refractivity contribution in [1.82, 2.24) is 0 Å². The fourth-order valence-electron chi connectivity index (χ4n) is 0.149. The van der Waals surface area contributed by atoms with Gasteiger partial charge in [0, 0.05) is 21.7 Å². The second-order valence-electron chi connectivity index (χ2n) is 0.837. The Morgan fingerprint density at radius 3 is 1.43 bits per heavy atom. The summed E-state index contributed by atoms with van der Waals surface area (Å²) in [4.78, 5) is 0. The van der Waals surface area contributed by atoms with Gasteiger partial charge in [0.2, 0.25) is 0 Å². The van der Waals surface area contributed by atoms with Crippen molar-refractivity contribution in [3.63, 3.8) is 0 Å². The van der Waals surface area contributed by atoms with Crippen LogP contribution in [0.25, 0.3) is 0 Å². The molecule has 3 heteroatoms. The molecule has 0 saturated carbocycles. The Morgan fingerprint density at radius 2 is 1.29 bits per heavy atom. The van der Waals surface area contributed by atoms with Crippen LogP contribution in [0.15, 0.2) is 12.2 Å². The number of aliphatic hydroxyl groups is 2. The number of rotatable bonds is 2. The van der Waals surface area contributed by atoms with Gasteiger partial charge in [-0.3, -0.25) is 0 Å². The molecule has 0 aromatic carbocycles. The summed E-state index contributed by atoms with van der Waals surface area (Å²) in [5.74, 6) is 0. The van der Waals surface area contributed by atoms with Crippen molar-refractivity contribution in [2.24, 2.45) is 0 Å². The molecule has 0 rings (SSSR count). The maximum absolute atomic E-state index is 8.00. The van der Waals surface area contributed by atoms with E-state index in [-0.39, 0.29) is 34.9 Å². The molecule has 0 aliphatic heterocycles. The first-order chi connectivity index (χ1) is 2.91. The molecule has 0 aromatic rings. The van der Waals surface area contributed by atoms with Gasteiger partial charge in [-0.25, -0.2) is 0 Å². The van der Waals surface area contributed by atoms with Crippen molar-refractivity contribution < 1.29 is 31.9 Å². The van der Waals surface area contributed by atoms with Crippen LogP contribution in [0.1, 0.15) is 0 Å². The van der Waals surface area contributed by atoms with Crippen LogP contribution in [0, 0.1) is 0 Å². The third-order valence-corrected chi connectivity index (χ3v) is 0.377. The minimum absolute atomic E-state index is 0. The van der Waals surface area contributed by atoms with E-state index < -0.39 is 0 Å². The molecule has 0 amide bonds. The van der Waals surface area contributed by atoms with Gasteiger partial charge in [-0.15, -0.1) is 0 Å². The van der Waals surface area contributed by atoms with Gasteiger partial charge in [0.15, 0.2) is 0 Å². The largest absolute Gasteiger partial charge is 0.392 e. The maximum Gasteiger partial charge on any atom is 0.0613 e. The van der Waals surface area contributed by atoms with Gasteiger partial charge in [0.1, 0.15) is 0 Å². The van der Waals surface area contributed by atoms with E-state index in [1.807, 2.05) is 0 Å². The van der Waals surface area contributed by atoms with Gasteiger partial charge in [0.25, 0.3) is 0 Å². The maximum atomic E-state index is 8.00. The van der Waals surface area contributed by atoms with Crippen molar-refractivity contribution in [3.05, 3.63) is 12.2 Å². The molecular formula is C4H8O2Ti. The quantitative estimate of drug-likeness (QED) is 0.397. The molecule has 2 nitrogen and oxygen atoms in total. The molecule has 0 spiro atoms. The topological polar surface area (TPSA) is 40.5 Å². The smallest absolute Gasteiger partial charge is 0.0613 e. The monoisotopic (exact) mass is 136 g/mol. The third kappa shape index (κ3) is 10.7. The molecule has 0 aliphatic carbocycles. The predicted octanol–water partition coefficient (Wildman–Crippen LogP) is -0.475. The Kier molecular flexibility index (Phi) is 14.3. The first-order valence-corrected chi connectivity index (χ1v) is 1.78. The Labute approximate surface area is 57.7 Å². The summed E-state index contributed by atoms with van der Waals surface area (Å²) in [6.45, 7) is 0.0289. The van der Waals surface area contributed by atoms with Gasteiger partial charge in [-0.05, 0) is 0 Å². The van der Waals surface area contributed by atoms with Gasteiger partial charge in [0.05, 0.1) is 13.2 Å². The summed E-state index contributed by atoms with van der Waals surface area (Å²) in [5, 5.41) is 16.0. The van der Waals surface area contributed by atoms with Crippen LogP contribution in [0.5, 0.6) is 0 Å². The fraction of sp³-hybridized carbons (Fsp3) is 0.500. The second-order valence-corrected chi connectivity index (χ2v) is 0.837. The van der Waals surface area contributed by atoms with Crippen LogP contribution in [-0.4, -0.2) is 23.4 Å². The van der Waals surface area contributed by atoms with E-state index in [0.717, 1.165) is 0 Å². The fourth-order valence-corrected chi connectivity index (χ4v) is 0.149. The number of aliphatic hydroxyl groups excluding tert-OH is 2. The van der Waals surface area contributed by atoms with Crippen LogP contribution in [0.3, 0.4) is 0 Å². The average Bonchev–Trinajstić information content (AvgIpc) is 1.61. The third-order valence-electron chi connectivity index (χ3n) is 0.377. The molecule has 0 aliphatic rings. The first-order valence-electron chi connectivity index (χ1n) is 1.78. The van der Waals surface area contributed by atoms with Gasteiger partial charge in [-0.2, -0.15) is 0 Å². The van der Waals surface area contributed by atoms with Crippen molar-refractivity contribution in [3.8, 4) is 0 Å². The Bertz CT molecular complexity index is 39.0. The molecule has 0 radical (unpaired) electrons. The van der Waals surface area contributed by atoms with Crippen LogP contribution >= 0.6 is 0 Å². The average molecular weight is 136 g/mol. The van der Waals surface area contributed by atoms with Crippen molar-refractivity contribution in [1.29, 1.82) is 0 Å². The SMILES string of the molecule is OC/C=C\CO.[Ti]. The molecule has 0 saturated heterocycles. The second kappa shape index (κ2) is 9.62. The number of hydrogen-bond donors (Lipinski definition) is 2. The summed E-state index contributed by atoms with van der Waals surface area (Å²) in [6, 6.07) is 0. The van der Waals surface area contributed by atoms with Gasteiger partial charge < -0.3 is 10.2 Å². The van der Waals surface area contributed by atoms with Gasteiger partial charge in [-0.1, -0.05) is 12.2 Å². The van der Waals surface area contributed by atoms with E-state index >= 15 is 0 Å². The van der Waals surface area contributed by atoms with E-state index in [4.69, 9.17) is 10.2 Å². The van der Waals surface area contributed by atoms with Crippen molar-refractivity contribution in [2.75, 3.05) is 13.2 Å². The van der Waals surface area contributed by atoms with E-state index in [0.29, 0.717) is 0 Å². The molecule has 0 heterocycles. The van der Waals surface area contributed by atoms with Crippen LogP contribution in [-0.2, 0) is 21.7 Å². The van der Waals surface area contributed by atoms with Gasteiger partial charge >= 0.3 is 0 Å². The Balaban J connectivity index is 0. The van der Waals surface area contributed by atoms with E-state index in [9.17, 15) is 0 Å². The summed E-state index contributed by atoms with van der Waals surface area (Å²) in [6.07, 6.45) is 2.97. The zero-order valence-electron chi connectivity index (χ0n) is 3.96. The molecule has 0 aromatic heterocycles.